The summed E-state index contributed by atoms with van der Waals surface area (Å²) < 4.78 is 20.2. The van der Waals surface area contributed by atoms with Crippen molar-refractivity contribution in [3.8, 4) is 5.75 Å². The maximum Gasteiger partial charge on any atom is 0.201 e. The Morgan fingerprint density at radius 1 is 1.39 bits per heavy atom. The van der Waals surface area contributed by atoms with Gasteiger partial charge in [-0.1, -0.05) is 6.07 Å². The Labute approximate surface area is 105 Å². The molecule has 0 amide bonds. The Kier molecular flexibility index (Phi) is 3.46. The molecule has 1 aromatic carbocycles. The fourth-order valence-corrected chi connectivity index (χ4v) is 1.62. The zero-order valence-corrected chi connectivity index (χ0v) is 10.3. The maximum absolute atomic E-state index is 13.0. The van der Waals surface area contributed by atoms with Crippen LogP contribution in [0, 0.1) is 12.7 Å². The molecule has 0 saturated heterocycles. The van der Waals surface area contributed by atoms with Crippen molar-refractivity contribution in [1.82, 2.24) is 4.57 Å². The zero-order valence-electron chi connectivity index (χ0n) is 10.3. The largest absolute Gasteiger partial charge is 0.485 e. The lowest BCUT2D eigenvalue weighted by atomic mass is 10.2. The van der Waals surface area contributed by atoms with E-state index in [2.05, 4.69) is 0 Å². The number of rotatable bonds is 4. The standard InChI is InChI=1S/C14H14FNO2/c1-10-3-4-12(15)7-14(10)18-9-13(17)11-5-6-16(2)8-11/h3-8H,9H2,1-2H3. The van der Waals surface area contributed by atoms with Gasteiger partial charge in [0, 0.05) is 31.1 Å². The van der Waals surface area contributed by atoms with E-state index in [1.165, 1.54) is 12.1 Å². The second kappa shape index (κ2) is 5.04. The molecule has 3 nitrogen and oxygen atoms in total. The summed E-state index contributed by atoms with van der Waals surface area (Å²) in [5, 5.41) is 0. The normalized spacial score (nSPS) is 10.4. The van der Waals surface area contributed by atoms with Gasteiger partial charge >= 0.3 is 0 Å². The van der Waals surface area contributed by atoms with Gasteiger partial charge in [-0.2, -0.15) is 0 Å². The molecule has 0 aliphatic heterocycles. The first-order valence-electron chi connectivity index (χ1n) is 5.60. The smallest absolute Gasteiger partial charge is 0.201 e. The summed E-state index contributed by atoms with van der Waals surface area (Å²) in [6, 6.07) is 6.00. The van der Waals surface area contributed by atoms with Crippen LogP contribution in [0.5, 0.6) is 5.75 Å². The Bertz CT molecular complexity index is 575. The van der Waals surface area contributed by atoms with Crippen molar-refractivity contribution < 1.29 is 13.9 Å². The van der Waals surface area contributed by atoms with Crippen molar-refractivity contribution >= 4 is 5.78 Å². The van der Waals surface area contributed by atoms with E-state index >= 15 is 0 Å². The molecule has 0 saturated carbocycles. The summed E-state index contributed by atoms with van der Waals surface area (Å²) in [5.74, 6) is -0.0960. The van der Waals surface area contributed by atoms with Crippen LogP contribution < -0.4 is 4.74 Å². The topological polar surface area (TPSA) is 31.2 Å². The summed E-state index contributed by atoms with van der Waals surface area (Å²) in [5.41, 5.74) is 1.39. The Hall–Kier alpha value is -2.10. The van der Waals surface area contributed by atoms with Gasteiger partial charge in [0.15, 0.2) is 6.61 Å². The van der Waals surface area contributed by atoms with Gasteiger partial charge in [0.2, 0.25) is 5.78 Å². The van der Waals surface area contributed by atoms with Gasteiger partial charge < -0.3 is 9.30 Å². The van der Waals surface area contributed by atoms with Crippen molar-refractivity contribution in [3.05, 3.63) is 53.6 Å². The van der Waals surface area contributed by atoms with Crippen molar-refractivity contribution in [3.63, 3.8) is 0 Å². The summed E-state index contributed by atoms with van der Waals surface area (Å²) in [4.78, 5) is 11.8. The van der Waals surface area contributed by atoms with Crippen LogP contribution in [0.25, 0.3) is 0 Å². The molecule has 0 unspecified atom stereocenters. The quantitative estimate of drug-likeness (QED) is 0.778. The van der Waals surface area contributed by atoms with Crippen LogP contribution in [0.3, 0.4) is 0 Å². The molecule has 0 bridgehead atoms. The Morgan fingerprint density at radius 3 is 2.83 bits per heavy atom. The molecule has 0 N–H and O–H groups in total. The predicted octanol–water partition coefficient (Wildman–Crippen LogP) is 2.73. The second-order valence-corrected chi connectivity index (χ2v) is 4.19. The molecule has 2 aromatic rings. The first-order valence-corrected chi connectivity index (χ1v) is 5.60. The first kappa shape index (κ1) is 12.4. The molecule has 0 spiro atoms. The summed E-state index contributed by atoms with van der Waals surface area (Å²) >= 11 is 0. The minimum Gasteiger partial charge on any atom is -0.485 e. The van der Waals surface area contributed by atoms with E-state index in [4.69, 9.17) is 4.74 Å². The number of halogens is 1. The molecule has 0 atom stereocenters. The number of benzene rings is 1. The van der Waals surface area contributed by atoms with E-state index in [1.807, 2.05) is 14.0 Å². The number of aromatic nitrogens is 1. The highest BCUT2D eigenvalue weighted by molar-refractivity contribution is 5.97. The number of carbonyl (C=O) groups is 1. The summed E-state index contributed by atoms with van der Waals surface area (Å²) in [6.45, 7) is 1.72. The number of hydrogen-bond acceptors (Lipinski definition) is 2. The maximum atomic E-state index is 13.0. The number of carbonyl (C=O) groups excluding carboxylic acids is 1. The molecule has 4 heteroatoms. The van der Waals surface area contributed by atoms with Crippen LogP contribution in [-0.2, 0) is 7.05 Å². The lowest BCUT2D eigenvalue weighted by molar-refractivity contribution is 0.0921. The fourth-order valence-electron chi connectivity index (χ4n) is 1.62. The minimum atomic E-state index is -0.372. The van der Waals surface area contributed by atoms with Crippen LogP contribution in [0.1, 0.15) is 15.9 Å². The van der Waals surface area contributed by atoms with Gasteiger partial charge in [-0.05, 0) is 24.6 Å². The second-order valence-electron chi connectivity index (χ2n) is 4.19. The third-order valence-electron chi connectivity index (χ3n) is 2.66. The van der Waals surface area contributed by atoms with Crippen LogP contribution in [-0.4, -0.2) is 17.0 Å². The Balaban J connectivity index is 2.03. The highest BCUT2D eigenvalue weighted by atomic mass is 19.1. The number of ketones is 1. The van der Waals surface area contributed by atoms with Crippen molar-refractivity contribution in [1.29, 1.82) is 0 Å². The van der Waals surface area contributed by atoms with Gasteiger partial charge in [0.1, 0.15) is 11.6 Å². The fraction of sp³-hybridized carbons (Fsp3) is 0.214. The van der Waals surface area contributed by atoms with Crippen molar-refractivity contribution in [2.24, 2.45) is 7.05 Å². The molecule has 0 aliphatic carbocycles. The first-order chi connectivity index (χ1) is 8.56. The van der Waals surface area contributed by atoms with Crippen LogP contribution in [0.15, 0.2) is 36.7 Å². The summed E-state index contributed by atoms with van der Waals surface area (Å²) in [6.07, 6.45) is 3.52. The van der Waals surface area contributed by atoms with E-state index in [-0.39, 0.29) is 18.2 Å². The average molecular weight is 247 g/mol. The van der Waals surface area contributed by atoms with Gasteiger partial charge in [-0.15, -0.1) is 0 Å². The molecule has 0 fully saturated rings. The lowest BCUT2D eigenvalue weighted by Crippen LogP contribution is -2.11. The van der Waals surface area contributed by atoms with E-state index in [0.29, 0.717) is 11.3 Å². The highest BCUT2D eigenvalue weighted by Crippen LogP contribution is 2.18. The third kappa shape index (κ3) is 2.77. The average Bonchev–Trinajstić information content (AvgIpc) is 2.77. The highest BCUT2D eigenvalue weighted by Gasteiger charge is 2.09. The number of Topliss-reactive ketones (excluding diaryl/α,β-unsaturated/α-hetero) is 1. The molecule has 1 heterocycles. The van der Waals surface area contributed by atoms with Crippen LogP contribution in [0.4, 0.5) is 4.39 Å². The molecule has 94 valence electrons. The SMILES string of the molecule is Cc1ccc(F)cc1OCC(=O)c1ccn(C)c1. The van der Waals surface area contributed by atoms with Gasteiger partial charge in [0.25, 0.3) is 0 Å². The van der Waals surface area contributed by atoms with Crippen molar-refractivity contribution in [2.45, 2.75) is 6.92 Å². The third-order valence-corrected chi connectivity index (χ3v) is 2.66. The molecular formula is C14H14FNO2. The predicted molar refractivity (Wildman–Crippen MR) is 66.4 cm³/mol. The molecule has 2 rings (SSSR count). The Morgan fingerprint density at radius 2 is 2.17 bits per heavy atom. The number of nitrogens with zero attached hydrogens (tertiary/aromatic N) is 1. The lowest BCUT2D eigenvalue weighted by Gasteiger charge is -2.07. The number of aryl methyl sites for hydroxylation is 2. The van der Waals surface area contributed by atoms with E-state index in [9.17, 15) is 9.18 Å². The summed E-state index contributed by atoms with van der Waals surface area (Å²) in [7, 11) is 1.84. The molecule has 18 heavy (non-hydrogen) atoms. The minimum absolute atomic E-state index is 0.0890. The number of ether oxygens (including phenoxy) is 1. The zero-order chi connectivity index (χ0) is 13.1. The molecule has 1 aromatic heterocycles. The molecule has 0 radical (unpaired) electrons. The van der Waals surface area contributed by atoms with Crippen LogP contribution in [0.2, 0.25) is 0 Å². The molecule has 0 aliphatic rings. The monoisotopic (exact) mass is 247 g/mol. The molecular weight excluding hydrogens is 233 g/mol. The van der Waals surface area contributed by atoms with Crippen LogP contribution >= 0.6 is 0 Å². The van der Waals surface area contributed by atoms with Gasteiger partial charge in [-0.25, -0.2) is 4.39 Å². The van der Waals surface area contributed by atoms with E-state index in [0.717, 1.165) is 5.56 Å². The van der Waals surface area contributed by atoms with Crippen molar-refractivity contribution in [2.75, 3.05) is 6.61 Å². The van der Waals surface area contributed by atoms with E-state index in [1.54, 1.807) is 29.1 Å². The van der Waals surface area contributed by atoms with Gasteiger partial charge in [0.05, 0.1) is 0 Å². The van der Waals surface area contributed by atoms with E-state index < -0.39 is 0 Å². The number of hydrogen-bond donors (Lipinski definition) is 0. The van der Waals surface area contributed by atoms with Gasteiger partial charge in [-0.3, -0.25) is 4.79 Å².